The fourth-order valence-corrected chi connectivity index (χ4v) is 6.40. The van der Waals surface area contributed by atoms with Crippen molar-refractivity contribution >= 4 is 22.9 Å². The molecule has 0 radical (unpaired) electrons. The van der Waals surface area contributed by atoms with Gasteiger partial charge in [-0.05, 0) is 77.2 Å². The normalized spacial score (nSPS) is 12.2. The van der Waals surface area contributed by atoms with Crippen molar-refractivity contribution in [1.29, 1.82) is 0 Å². The van der Waals surface area contributed by atoms with E-state index in [9.17, 15) is 29.7 Å². The van der Waals surface area contributed by atoms with Crippen molar-refractivity contribution in [3.8, 4) is 11.5 Å². The van der Waals surface area contributed by atoms with Gasteiger partial charge in [-0.15, -0.1) is 0 Å². The van der Waals surface area contributed by atoms with Gasteiger partial charge in [0.15, 0.2) is 0 Å². The molecular weight excluding hydrogens is 684 g/mol. The van der Waals surface area contributed by atoms with E-state index in [2.05, 4.69) is 15.6 Å². The highest BCUT2D eigenvalue weighted by atomic mass is 16.5. The number of aromatic nitrogens is 1. The lowest BCUT2D eigenvalue weighted by molar-refractivity contribution is 0.0740. The lowest BCUT2D eigenvalue weighted by Gasteiger charge is -2.24. The van der Waals surface area contributed by atoms with Gasteiger partial charge < -0.3 is 40.6 Å². The molecule has 2 atom stereocenters. The number of nitrogens with one attached hydrogen (secondary N) is 3. The third-order valence-corrected chi connectivity index (χ3v) is 9.06. The van der Waals surface area contributed by atoms with Gasteiger partial charge in [0.25, 0.3) is 5.91 Å². The van der Waals surface area contributed by atoms with Crippen LogP contribution < -0.4 is 20.9 Å². The number of nitrogens with zero attached hydrogens (tertiary/aromatic N) is 1. The van der Waals surface area contributed by atoms with E-state index < -0.39 is 18.2 Å². The molecule has 0 aliphatic rings. The first-order chi connectivity index (χ1) is 26.2. The number of fused-ring (bicyclic) bond motifs is 1. The number of amides is 2. The Morgan fingerprint density at radius 2 is 1.52 bits per heavy atom. The van der Waals surface area contributed by atoms with Gasteiger partial charge in [0.2, 0.25) is 5.56 Å². The highest BCUT2D eigenvalue weighted by Crippen LogP contribution is 2.29. The van der Waals surface area contributed by atoms with Crippen LogP contribution in [-0.4, -0.2) is 56.8 Å². The van der Waals surface area contributed by atoms with Crippen LogP contribution in [0.5, 0.6) is 11.5 Å². The molecule has 54 heavy (non-hydrogen) atoms. The summed E-state index contributed by atoms with van der Waals surface area (Å²) in [6.45, 7) is 1.84. The first-order valence-corrected chi connectivity index (χ1v) is 17.7. The molecular formula is C43H42N4O7. The number of phenols is 1. The number of benzene rings is 5. The average Bonchev–Trinajstić information content (AvgIpc) is 3.19. The van der Waals surface area contributed by atoms with E-state index in [1.54, 1.807) is 23.1 Å². The Morgan fingerprint density at radius 3 is 2.30 bits per heavy atom. The van der Waals surface area contributed by atoms with Gasteiger partial charge in [0.05, 0.1) is 17.7 Å². The van der Waals surface area contributed by atoms with Crippen LogP contribution in [-0.2, 0) is 13.2 Å². The number of aromatic hydroxyl groups is 1. The number of aromatic amines is 1. The molecule has 0 saturated carbocycles. The van der Waals surface area contributed by atoms with E-state index in [0.717, 1.165) is 22.3 Å². The Morgan fingerprint density at radius 1 is 0.796 bits per heavy atom. The third-order valence-electron chi connectivity index (χ3n) is 9.06. The molecule has 0 aliphatic carbocycles. The highest BCUT2D eigenvalue weighted by molar-refractivity contribution is 5.94. The van der Waals surface area contributed by atoms with Crippen LogP contribution in [0.15, 0.2) is 138 Å². The minimum Gasteiger partial charge on any atom is -0.506 e. The molecule has 11 heteroatoms. The van der Waals surface area contributed by atoms with Crippen LogP contribution in [0.3, 0.4) is 0 Å². The molecule has 0 fully saturated rings. The number of rotatable bonds is 16. The van der Waals surface area contributed by atoms with E-state index in [0.29, 0.717) is 48.3 Å². The average molecular weight is 727 g/mol. The standard InChI is InChI=1S/C43H42N4O7/c48-37-20-18-35(36-19-21-39(50)45-41(36)37)38(49)26-44-22-9-23-47(27-29-10-3-1-4-11-29)42(51)33-16-7-12-30(24-33)28-54-34-17-8-15-32(25-34)40(46-43(52)53)31-13-5-2-6-14-31/h1-8,10-21,24-25,38,40,44,46,48-49H,9,22-23,26-28H2,(H,45,50)(H,52,53)/t38-,40?/m1/s1. The number of ether oxygens (including phenoxy) is 1. The van der Waals surface area contributed by atoms with Crippen LogP contribution >= 0.6 is 0 Å². The van der Waals surface area contributed by atoms with Gasteiger partial charge in [-0.3, -0.25) is 9.59 Å². The molecule has 6 rings (SSSR count). The lowest BCUT2D eigenvalue weighted by Crippen LogP contribution is -2.33. The molecule has 0 spiro atoms. The van der Waals surface area contributed by atoms with Gasteiger partial charge in [0, 0.05) is 36.7 Å². The maximum atomic E-state index is 14.0. The number of aliphatic hydroxyl groups is 1. The number of carboxylic acid groups (broad SMARTS) is 1. The van der Waals surface area contributed by atoms with E-state index >= 15 is 0 Å². The number of phenolic OH excluding ortho intramolecular Hbond substituents is 1. The van der Waals surface area contributed by atoms with Crippen molar-refractivity contribution in [2.45, 2.75) is 31.7 Å². The molecule has 0 aliphatic heterocycles. The van der Waals surface area contributed by atoms with Crippen LogP contribution in [0.1, 0.15) is 56.7 Å². The van der Waals surface area contributed by atoms with Gasteiger partial charge >= 0.3 is 6.09 Å². The molecule has 276 valence electrons. The van der Waals surface area contributed by atoms with Crippen LogP contribution in [0.4, 0.5) is 4.79 Å². The fourth-order valence-electron chi connectivity index (χ4n) is 6.40. The molecule has 1 aromatic heterocycles. The maximum Gasteiger partial charge on any atom is 0.405 e. The second-order valence-electron chi connectivity index (χ2n) is 12.9. The van der Waals surface area contributed by atoms with Crippen LogP contribution in [0, 0.1) is 0 Å². The molecule has 6 N–H and O–H groups in total. The summed E-state index contributed by atoms with van der Waals surface area (Å²) < 4.78 is 6.14. The minimum atomic E-state index is -1.13. The number of hydrogen-bond donors (Lipinski definition) is 6. The van der Waals surface area contributed by atoms with Crippen molar-refractivity contribution < 1.29 is 29.6 Å². The second kappa shape index (κ2) is 17.9. The van der Waals surface area contributed by atoms with Crippen molar-refractivity contribution in [3.05, 3.63) is 177 Å². The molecule has 11 nitrogen and oxygen atoms in total. The molecule has 6 aromatic rings. The number of aliphatic hydroxyl groups excluding tert-OH is 1. The number of H-pyrrole nitrogens is 1. The van der Waals surface area contributed by atoms with Crippen molar-refractivity contribution in [2.75, 3.05) is 19.6 Å². The van der Waals surface area contributed by atoms with Crippen molar-refractivity contribution in [2.24, 2.45) is 0 Å². The summed E-state index contributed by atoms with van der Waals surface area (Å²) in [5.41, 5.74) is 4.38. The molecule has 1 unspecified atom stereocenters. The second-order valence-corrected chi connectivity index (χ2v) is 12.9. The minimum absolute atomic E-state index is 0.0671. The molecule has 0 bridgehead atoms. The van der Waals surface area contributed by atoms with Gasteiger partial charge in [-0.25, -0.2) is 4.79 Å². The largest absolute Gasteiger partial charge is 0.506 e. The maximum absolute atomic E-state index is 14.0. The summed E-state index contributed by atoms with van der Waals surface area (Å²) in [6, 6.07) is 39.2. The summed E-state index contributed by atoms with van der Waals surface area (Å²) in [4.78, 5) is 41.8. The molecule has 0 saturated heterocycles. The monoisotopic (exact) mass is 726 g/mol. The molecule has 1 heterocycles. The zero-order valence-corrected chi connectivity index (χ0v) is 29.5. The summed E-state index contributed by atoms with van der Waals surface area (Å²) >= 11 is 0. The Kier molecular flexibility index (Phi) is 12.4. The topological polar surface area (TPSA) is 164 Å². The Balaban J connectivity index is 1.09. The van der Waals surface area contributed by atoms with E-state index in [4.69, 9.17) is 4.74 Å². The smallest absolute Gasteiger partial charge is 0.405 e. The Labute approximate surface area is 312 Å². The van der Waals surface area contributed by atoms with Gasteiger partial charge in [-0.2, -0.15) is 0 Å². The van der Waals surface area contributed by atoms with Gasteiger partial charge in [0.1, 0.15) is 18.1 Å². The van der Waals surface area contributed by atoms with Crippen molar-refractivity contribution in [1.82, 2.24) is 20.5 Å². The first-order valence-electron chi connectivity index (χ1n) is 17.7. The molecule has 5 aromatic carbocycles. The van der Waals surface area contributed by atoms with Gasteiger partial charge in [-0.1, -0.05) is 91.0 Å². The number of carbonyl (C=O) groups excluding carboxylic acids is 1. The first kappa shape index (κ1) is 37.3. The van der Waals surface area contributed by atoms with E-state index in [1.165, 1.54) is 12.1 Å². The van der Waals surface area contributed by atoms with Crippen LogP contribution in [0.2, 0.25) is 0 Å². The Hall–Kier alpha value is -6.43. The predicted octanol–water partition coefficient (Wildman–Crippen LogP) is 6.53. The fraction of sp³-hybridized carbons (Fsp3) is 0.186. The van der Waals surface area contributed by atoms with E-state index in [-0.39, 0.29) is 35.9 Å². The predicted molar refractivity (Wildman–Crippen MR) is 207 cm³/mol. The van der Waals surface area contributed by atoms with E-state index in [1.807, 2.05) is 103 Å². The quantitative estimate of drug-likeness (QED) is 0.0614. The summed E-state index contributed by atoms with van der Waals surface area (Å²) in [6.07, 6.45) is -1.40. The number of carbonyl (C=O) groups is 2. The highest BCUT2D eigenvalue weighted by Gasteiger charge is 2.19. The zero-order chi connectivity index (χ0) is 37.9. The third kappa shape index (κ3) is 9.71. The summed E-state index contributed by atoms with van der Waals surface area (Å²) in [5.74, 6) is 0.370. The molecule has 2 amide bonds. The van der Waals surface area contributed by atoms with Crippen molar-refractivity contribution in [3.63, 3.8) is 0 Å². The number of hydrogen-bond acceptors (Lipinski definition) is 7. The zero-order valence-electron chi connectivity index (χ0n) is 29.5. The number of pyridine rings is 1. The lowest BCUT2D eigenvalue weighted by atomic mass is 9.98. The summed E-state index contributed by atoms with van der Waals surface area (Å²) in [5, 5.41) is 37.0. The SMILES string of the molecule is O=C(O)NC(c1ccccc1)c1cccc(OCc2cccc(C(=O)N(CCCNC[C@@H](O)c3ccc(O)c4[nH]c(=O)ccc34)Cc3ccccc3)c2)c1. The summed E-state index contributed by atoms with van der Waals surface area (Å²) in [7, 11) is 0. The van der Waals surface area contributed by atoms with Crippen LogP contribution in [0.25, 0.3) is 10.9 Å². The Bertz CT molecular complexity index is 2240.